The van der Waals surface area contributed by atoms with Crippen molar-refractivity contribution in [3.63, 3.8) is 0 Å². The largest absolute Gasteiger partial charge is 0.490 e. The molecule has 1 aliphatic carbocycles. The number of anilines is 1. The first-order valence-corrected chi connectivity index (χ1v) is 12.7. The molecule has 1 saturated carbocycles. The van der Waals surface area contributed by atoms with Crippen LogP contribution in [0.2, 0.25) is 0 Å². The standard InChI is InChI=1S/C24H20Br2N2O8/c1-35-21-7-6-12(8-19(21)28(33)34)20(29)11-36-24(32)13-4-2-3-5-18(13)27-22(30)14-9-16(25)17(26)10-15(14)23(27)31/h2-8,14-17H,9-11H2,1H3/t14-,15+,16+,17-. The van der Waals surface area contributed by atoms with Crippen LogP contribution in [-0.4, -0.2) is 51.9 Å². The van der Waals surface area contributed by atoms with E-state index in [-0.39, 0.29) is 44.0 Å². The predicted molar refractivity (Wildman–Crippen MR) is 135 cm³/mol. The quantitative estimate of drug-likeness (QED) is 0.113. The molecule has 2 aromatic rings. The zero-order chi connectivity index (χ0) is 26.1. The van der Waals surface area contributed by atoms with Crippen LogP contribution in [0.15, 0.2) is 42.5 Å². The van der Waals surface area contributed by atoms with E-state index in [1.165, 1.54) is 31.4 Å². The zero-order valence-electron chi connectivity index (χ0n) is 18.9. The molecule has 0 radical (unpaired) electrons. The first-order valence-electron chi connectivity index (χ1n) is 10.9. The number of methoxy groups -OCH3 is 1. The second kappa shape index (κ2) is 10.5. The fourth-order valence-corrected chi connectivity index (χ4v) is 5.71. The number of hydrogen-bond donors (Lipinski definition) is 0. The lowest BCUT2D eigenvalue weighted by Crippen LogP contribution is -2.34. The predicted octanol–water partition coefficient (Wildman–Crippen LogP) is 4.07. The number of carbonyl (C=O) groups excluding carboxylic acids is 4. The minimum Gasteiger partial charge on any atom is -0.490 e. The molecule has 2 aliphatic rings. The SMILES string of the molecule is COc1ccc(C(=O)COC(=O)c2ccccc2N2C(=O)[C@H]3C[C@@H](Br)[C@@H](Br)C[C@H]3C2=O)cc1[N+](=O)[O-]. The van der Waals surface area contributed by atoms with Crippen molar-refractivity contribution in [2.45, 2.75) is 22.5 Å². The maximum absolute atomic E-state index is 13.2. The van der Waals surface area contributed by atoms with Crippen LogP contribution in [0, 0.1) is 22.0 Å². The van der Waals surface area contributed by atoms with Gasteiger partial charge >= 0.3 is 11.7 Å². The number of rotatable bonds is 7. The van der Waals surface area contributed by atoms with Gasteiger partial charge < -0.3 is 9.47 Å². The zero-order valence-corrected chi connectivity index (χ0v) is 22.1. The number of esters is 1. The summed E-state index contributed by atoms with van der Waals surface area (Å²) in [4.78, 5) is 63.4. The van der Waals surface area contributed by atoms with Crippen molar-refractivity contribution in [3.05, 3.63) is 63.7 Å². The van der Waals surface area contributed by atoms with Gasteiger partial charge in [0.05, 0.1) is 35.1 Å². The second-order valence-corrected chi connectivity index (χ2v) is 10.7. The number of amides is 2. The number of Topliss-reactive ketones (excluding diaryl/α,β-unsaturated/α-hetero) is 1. The van der Waals surface area contributed by atoms with Crippen molar-refractivity contribution in [1.29, 1.82) is 0 Å². The van der Waals surface area contributed by atoms with Gasteiger partial charge in [-0.05, 0) is 37.1 Å². The fraction of sp³-hybridized carbons (Fsp3) is 0.333. The minimum atomic E-state index is -0.908. The Bertz CT molecular complexity index is 1240. The molecular weight excluding hydrogens is 604 g/mol. The number of hydrogen-bond acceptors (Lipinski definition) is 8. The summed E-state index contributed by atoms with van der Waals surface area (Å²) in [5, 5.41) is 11.2. The van der Waals surface area contributed by atoms with Crippen LogP contribution in [0.3, 0.4) is 0 Å². The topological polar surface area (TPSA) is 133 Å². The lowest BCUT2D eigenvalue weighted by Gasteiger charge is -2.29. The average molecular weight is 624 g/mol. The summed E-state index contributed by atoms with van der Waals surface area (Å²) < 4.78 is 10.1. The Morgan fingerprint density at radius 2 is 1.67 bits per heavy atom. The highest BCUT2D eigenvalue weighted by Crippen LogP contribution is 2.45. The highest BCUT2D eigenvalue weighted by atomic mass is 79.9. The van der Waals surface area contributed by atoms with E-state index in [1.807, 2.05) is 0 Å². The summed E-state index contributed by atoms with van der Waals surface area (Å²) >= 11 is 7.09. The summed E-state index contributed by atoms with van der Waals surface area (Å²) in [6.45, 7) is -0.694. The molecule has 4 atom stereocenters. The summed E-state index contributed by atoms with van der Waals surface area (Å²) in [7, 11) is 1.27. The van der Waals surface area contributed by atoms with Crippen LogP contribution >= 0.6 is 31.9 Å². The van der Waals surface area contributed by atoms with Gasteiger partial charge in [0.2, 0.25) is 17.6 Å². The molecule has 2 amide bonds. The van der Waals surface area contributed by atoms with Crippen LogP contribution in [0.25, 0.3) is 0 Å². The van der Waals surface area contributed by atoms with Gasteiger partial charge in [0.25, 0.3) is 0 Å². The molecule has 1 saturated heterocycles. The molecule has 0 unspecified atom stereocenters. The number of nitro benzene ring substituents is 1. The molecule has 2 fully saturated rings. The molecule has 2 aromatic carbocycles. The van der Waals surface area contributed by atoms with Gasteiger partial charge in [-0.15, -0.1) is 0 Å². The summed E-state index contributed by atoms with van der Waals surface area (Å²) in [6.07, 6.45) is 0.966. The molecule has 1 aliphatic heterocycles. The number of ketones is 1. The number of nitrogens with zero attached hydrogens (tertiary/aromatic N) is 2. The van der Waals surface area contributed by atoms with E-state index in [4.69, 9.17) is 9.47 Å². The van der Waals surface area contributed by atoms with Crippen molar-refractivity contribution >= 4 is 66.8 Å². The fourth-order valence-electron chi connectivity index (χ4n) is 4.47. The van der Waals surface area contributed by atoms with Crippen molar-refractivity contribution in [1.82, 2.24) is 0 Å². The highest BCUT2D eigenvalue weighted by Gasteiger charge is 2.53. The van der Waals surface area contributed by atoms with Crippen molar-refractivity contribution in [2.24, 2.45) is 11.8 Å². The Kier molecular flexibility index (Phi) is 7.55. The van der Waals surface area contributed by atoms with Crippen LogP contribution in [0.4, 0.5) is 11.4 Å². The molecule has 36 heavy (non-hydrogen) atoms. The highest BCUT2D eigenvalue weighted by molar-refractivity contribution is 9.12. The molecule has 0 spiro atoms. The number of carbonyl (C=O) groups is 4. The van der Waals surface area contributed by atoms with Gasteiger partial charge in [-0.3, -0.25) is 24.5 Å². The van der Waals surface area contributed by atoms with E-state index < -0.39 is 40.8 Å². The number of alkyl halides is 2. The van der Waals surface area contributed by atoms with E-state index in [0.717, 1.165) is 11.0 Å². The number of imide groups is 1. The van der Waals surface area contributed by atoms with E-state index in [2.05, 4.69) is 31.9 Å². The lowest BCUT2D eigenvalue weighted by atomic mass is 9.81. The molecule has 1 heterocycles. The smallest absolute Gasteiger partial charge is 0.340 e. The van der Waals surface area contributed by atoms with Gasteiger partial charge in [0, 0.05) is 21.3 Å². The van der Waals surface area contributed by atoms with Crippen molar-refractivity contribution < 1.29 is 33.6 Å². The van der Waals surface area contributed by atoms with E-state index in [0.29, 0.717) is 12.8 Å². The molecule has 0 bridgehead atoms. The average Bonchev–Trinajstić information content (AvgIpc) is 3.10. The van der Waals surface area contributed by atoms with E-state index in [1.54, 1.807) is 12.1 Å². The van der Waals surface area contributed by atoms with Crippen LogP contribution < -0.4 is 9.64 Å². The monoisotopic (exact) mass is 622 g/mol. The van der Waals surface area contributed by atoms with E-state index in [9.17, 15) is 29.3 Å². The minimum absolute atomic E-state index is 0.0135. The Balaban J connectivity index is 1.52. The number of benzene rings is 2. The third kappa shape index (κ3) is 4.79. The molecule has 4 rings (SSSR count). The summed E-state index contributed by atoms with van der Waals surface area (Å²) in [5.41, 5.74) is -0.385. The number of fused-ring (bicyclic) bond motifs is 1. The lowest BCUT2D eigenvalue weighted by molar-refractivity contribution is -0.385. The van der Waals surface area contributed by atoms with Gasteiger partial charge in [0.1, 0.15) is 0 Å². The number of nitro groups is 1. The van der Waals surface area contributed by atoms with Gasteiger partial charge in [-0.25, -0.2) is 9.69 Å². The third-order valence-corrected chi connectivity index (χ3v) is 9.04. The maximum atomic E-state index is 13.2. The number of para-hydroxylation sites is 1. The first kappa shape index (κ1) is 26.0. The molecule has 12 heteroatoms. The Labute approximate surface area is 222 Å². The molecule has 188 valence electrons. The Hall–Kier alpha value is -3.12. The normalized spacial score (nSPS) is 23.2. The second-order valence-electron chi connectivity index (χ2n) is 8.39. The number of halogens is 2. The van der Waals surface area contributed by atoms with Gasteiger partial charge in [0.15, 0.2) is 12.4 Å². The molecular formula is C24H20Br2N2O8. The maximum Gasteiger partial charge on any atom is 0.340 e. The van der Waals surface area contributed by atoms with Crippen LogP contribution in [-0.2, 0) is 14.3 Å². The third-order valence-electron chi connectivity index (χ3n) is 6.31. The van der Waals surface area contributed by atoms with Gasteiger partial charge in [-0.2, -0.15) is 0 Å². The van der Waals surface area contributed by atoms with Crippen LogP contribution in [0.5, 0.6) is 5.75 Å². The van der Waals surface area contributed by atoms with Crippen molar-refractivity contribution in [2.75, 3.05) is 18.6 Å². The Morgan fingerprint density at radius 3 is 2.25 bits per heavy atom. The molecule has 0 aromatic heterocycles. The van der Waals surface area contributed by atoms with Gasteiger partial charge in [-0.1, -0.05) is 44.0 Å². The van der Waals surface area contributed by atoms with E-state index >= 15 is 0 Å². The van der Waals surface area contributed by atoms with Crippen LogP contribution in [0.1, 0.15) is 33.6 Å². The molecule has 10 nitrogen and oxygen atoms in total. The molecule has 0 N–H and O–H groups in total. The summed E-state index contributed by atoms with van der Waals surface area (Å²) in [5.74, 6) is -3.34. The first-order chi connectivity index (χ1) is 17.1. The summed E-state index contributed by atoms with van der Waals surface area (Å²) in [6, 6.07) is 9.68. The number of ether oxygens (including phenoxy) is 2. The van der Waals surface area contributed by atoms with Crippen molar-refractivity contribution in [3.8, 4) is 5.75 Å². The Morgan fingerprint density at radius 1 is 1.06 bits per heavy atom.